The third-order valence-electron chi connectivity index (χ3n) is 4.72. The van der Waals surface area contributed by atoms with Crippen LogP contribution in [-0.2, 0) is 14.3 Å². The molecule has 0 saturated carbocycles. The molecule has 2 aromatic carbocycles. The van der Waals surface area contributed by atoms with Crippen LogP contribution in [-0.4, -0.2) is 44.1 Å². The van der Waals surface area contributed by atoms with Crippen LogP contribution in [0.2, 0.25) is 0 Å². The smallest absolute Gasteiger partial charge is 0.346 e. The Hall–Kier alpha value is -3.55. The lowest BCUT2D eigenvalue weighted by Gasteiger charge is -2.41. The van der Waals surface area contributed by atoms with E-state index in [-0.39, 0.29) is 23.0 Å². The highest BCUT2D eigenvalue weighted by atomic mass is 16.5. The molecule has 1 aliphatic heterocycles. The van der Waals surface area contributed by atoms with Crippen molar-refractivity contribution in [3.8, 4) is 11.5 Å². The minimum absolute atomic E-state index is 0.0846. The molecule has 2 aromatic rings. The maximum absolute atomic E-state index is 13.0. The summed E-state index contributed by atoms with van der Waals surface area (Å²) in [5.74, 6) is -1.09. The second kappa shape index (κ2) is 7.83. The first-order valence-corrected chi connectivity index (χ1v) is 8.93. The fourth-order valence-corrected chi connectivity index (χ4v) is 3.21. The standard InChI is InChI=1S/C21H22N2O6/c1-21(2)20(26)22-13-8-5-6-9-14(13)23(21)17(24)12-29-19(25)18-15(27-3)10-7-11-16(18)28-4/h5-11H,12H2,1-4H3,(H,22,26). The van der Waals surface area contributed by atoms with Crippen molar-refractivity contribution in [2.24, 2.45) is 0 Å². The summed E-state index contributed by atoms with van der Waals surface area (Å²) < 4.78 is 15.6. The Bertz CT molecular complexity index is 947. The van der Waals surface area contributed by atoms with Gasteiger partial charge >= 0.3 is 5.97 Å². The second-order valence-corrected chi connectivity index (χ2v) is 6.87. The van der Waals surface area contributed by atoms with E-state index in [9.17, 15) is 14.4 Å². The van der Waals surface area contributed by atoms with Gasteiger partial charge in [0, 0.05) is 0 Å². The number of ether oxygens (including phenoxy) is 3. The summed E-state index contributed by atoms with van der Waals surface area (Å²) in [6.45, 7) is 2.70. The number of carbonyl (C=O) groups is 3. The minimum atomic E-state index is -1.15. The third kappa shape index (κ3) is 3.61. The first-order chi connectivity index (χ1) is 13.8. The molecule has 29 heavy (non-hydrogen) atoms. The van der Waals surface area contributed by atoms with Gasteiger partial charge in [-0.3, -0.25) is 14.5 Å². The molecule has 8 nitrogen and oxygen atoms in total. The second-order valence-electron chi connectivity index (χ2n) is 6.87. The van der Waals surface area contributed by atoms with Crippen molar-refractivity contribution in [2.75, 3.05) is 31.0 Å². The quantitative estimate of drug-likeness (QED) is 0.778. The summed E-state index contributed by atoms with van der Waals surface area (Å²) in [6.07, 6.45) is 0. The predicted molar refractivity (Wildman–Crippen MR) is 106 cm³/mol. The van der Waals surface area contributed by atoms with Gasteiger partial charge in [0.25, 0.3) is 5.91 Å². The predicted octanol–water partition coefficient (Wildman–Crippen LogP) is 2.62. The highest BCUT2D eigenvalue weighted by Crippen LogP contribution is 2.37. The monoisotopic (exact) mass is 398 g/mol. The third-order valence-corrected chi connectivity index (χ3v) is 4.72. The number of hydrogen-bond acceptors (Lipinski definition) is 6. The molecule has 1 N–H and O–H groups in total. The lowest BCUT2D eigenvalue weighted by atomic mass is 9.96. The van der Waals surface area contributed by atoms with Gasteiger partial charge in [-0.25, -0.2) is 4.79 Å². The summed E-state index contributed by atoms with van der Waals surface area (Å²) in [6, 6.07) is 11.8. The Morgan fingerprint density at radius 1 is 1.00 bits per heavy atom. The van der Waals surface area contributed by atoms with Crippen molar-refractivity contribution in [1.29, 1.82) is 0 Å². The van der Waals surface area contributed by atoms with Gasteiger partial charge in [0.2, 0.25) is 5.91 Å². The van der Waals surface area contributed by atoms with Gasteiger partial charge in [-0.15, -0.1) is 0 Å². The van der Waals surface area contributed by atoms with Crippen LogP contribution in [0.25, 0.3) is 0 Å². The number of hydrogen-bond donors (Lipinski definition) is 1. The van der Waals surface area contributed by atoms with Gasteiger partial charge in [0.15, 0.2) is 6.61 Å². The highest BCUT2D eigenvalue weighted by molar-refractivity contribution is 6.14. The number of esters is 1. The van der Waals surface area contributed by atoms with Crippen LogP contribution < -0.4 is 19.7 Å². The zero-order valence-electron chi connectivity index (χ0n) is 16.6. The van der Waals surface area contributed by atoms with Crippen LogP contribution in [0.5, 0.6) is 11.5 Å². The first-order valence-electron chi connectivity index (χ1n) is 8.93. The van der Waals surface area contributed by atoms with E-state index in [0.29, 0.717) is 11.4 Å². The number of nitrogens with one attached hydrogen (secondary N) is 1. The number of para-hydroxylation sites is 2. The number of fused-ring (bicyclic) bond motifs is 1. The summed E-state index contributed by atoms with van der Waals surface area (Å²) in [5, 5.41) is 2.78. The molecule has 3 rings (SSSR count). The van der Waals surface area contributed by atoms with Crippen molar-refractivity contribution >= 4 is 29.2 Å². The van der Waals surface area contributed by atoms with E-state index in [1.165, 1.54) is 19.1 Å². The van der Waals surface area contributed by atoms with Crippen LogP contribution in [0.15, 0.2) is 42.5 Å². The summed E-state index contributed by atoms with van der Waals surface area (Å²) in [5.41, 5.74) is -0.0164. The van der Waals surface area contributed by atoms with Crippen LogP contribution in [0.1, 0.15) is 24.2 Å². The number of benzene rings is 2. The molecule has 0 fully saturated rings. The van der Waals surface area contributed by atoms with E-state index in [1.807, 2.05) is 0 Å². The molecule has 0 spiro atoms. The topological polar surface area (TPSA) is 94.2 Å². The molecule has 0 aliphatic carbocycles. The van der Waals surface area contributed by atoms with Gasteiger partial charge in [0.05, 0.1) is 25.6 Å². The van der Waals surface area contributed by atoms with Crippen LogP contribution in [0.4, 0.5) is 11.4 Å². The van der Waals surface area contributed by atoms with Gasteiger partial charge < -0.3 is 19.5 Å². The molecule has 2 amide bonds. The summed E-state index contributed by atoms with van der Waals surface area (Å²) >= 11 is 0. The fourth-order valence-electron chi connectivity index (χ4n) is 3.21. The molecule has 0 bridgehead atoms. The average molecular weight is 398 g/mol. The Balaban J connectivity index is 1.84. The van der Waals surface area contributed by atoms with Gasteiger partial charge in [-0.1, -0.05) is 18.2 Å². The number of rotatable bonds is 5. The van der Waals surface area contributed by atoms with Gasteiger partial charge in [-0.2, -0.15) is 0 Å². The fraction of sp³-hybridized carbons (Fsp3) is 0.286. The zero-order chi connectivity index (χ0) is 21.2. The normalized spacial score (nSPS) is 14.5. The first kappa shape index (κ1) is 20.2. The van der Waals surface area contributed by atoms with E-state index in [2.05, 4.69) is 5.32 Å². The molecule has 1 aliphatic rings. The lowest BCUT2D eigenvalue weighted by Crippen LogP contribution is -2.59. The maximum atomic E-state index is 13.0. The van der Waals surface area contributed by atoms with Gasteiger partial charge in [0.1, 0.15) is 22.6 Å². The van der Waals surface area contributed by atoms with Crippen LogP contribution in [0.3, 0.4) is 0 Å². The molecule has 0 unspecified atom stereocenters. The van der Waals surface area contributed by atoms with Crippen molar-refractivity contribution in [3.05, 3.63) is 48.0 Å². The van der Waals surface area contributed by atoms with Crippen molar-refractivity contribution < 1.29 is 28.6 Å². The molecule has 0 atom stereocenters. The van der Waals surface area contributed by atoms with Gasteiger partial charge in [-0.05, 0) is 38.1 Å². The van der Waals surface area contributed by atoms with Crippen LogP contribution in [0, 0.1) is 0 Å². The molecule has 0 radical (unpaired) electrons. The maximum Gasteiger partial charge on any atom is 0.346 e. The largest absolute Gasteiger partial charge is 0.496 e. The number of anilines is 2. The van der Waals surface area contributed by atoms with Crippen molar-refractivity contribution in [2.45, 2.75) is 19.4 Å². The molecule has 1 heterocycles. The highest BCUT2D eigenvalue weighted by Gasteiger charge is 2.43. The molecule has 152 valence electrons. The zero-order valence-corrected chi connectivity index (χ0v) is 16.6. The van der Waals surface area contributed by atoms with Crippen molar-refractivity contribution in [1.82, 2.24) is 0 Å². The summed E-state index contributed by atoms with van der Waals surface area (Å²) in [7, 11) is 2.84. The van der Waals surface area contributed by atoms with E-state index >= 15 is 0 Å². The number of amides is 2. The molecule has 0 aromatic heterocycles. The number of nitrogens with zero attached hydrogens (tertiary/aromatic N) is 1. The Labute approximate surface area is 168 Å². The molecular weight excluding hydrogens is 376 g/mol. The molecule has 8 heteroatoms. The lowest BCUT2D eigenvalue weighted by molar-refractivity contribution is -0.128. The number of carbonyl (C=O) groups excluding carboxylic acids is 3. The summed E-state index contributed by atoms with van der Waals surface area (Å²) in [4.78, 5) is 39.4. The van der Waals surface area contributed by atoms with Crippen LogP contribution >= 0.6 is 0 Å². The molecular formula is C21H22N2O6. The SMILES string of the molecule is COc1cccc(OC)c1C(=O)OCC(=O)N1c2ccccc2NC(=O)C1(C)C. The molecule has 0 saturated heterocycles. The van der Waals surface area contributed by atoms with E-state index in [4.69, 9.17) is 14.2 Å². The van der Waals surface area contributed by atoms with E-state index in [1.54, 1.807) is 56.3 Å². The Morgan fingerprint density at radius 2 is 1.62 bits per heavy atom. The average Bonchev–Trinajstić information content (AvgIpc) is 2.71. The number of methoxy groups -OCH3 is 2. The van der Waals surface area contributed by atoms with E-state index < -0.39 is 24.0 Å². The van der Waals surface area contributed by atoms with Crippen molar-refractivity contribution in [3.63, 3.8) is 0 Å². The van der Waals surface area contributed by atoms with E-state index in [0.717, 1.165) is 0 Å². The minimum Gasteiger partial charge on any atom is -0.496 e. The Morgan fingerprint density at radius 3 is 2.24 bits per heavy atom. The Kier molecular flexibility index (Phi) is 5.45.